The predicted octanol–water partition coefficient (Wildman–Crippen LogP) is 2.88. The number of fused-ring (bicyclic) bond motifs is 1. The molecule has 1 fully saturated rings. The van der Waals surface area contributed by atoms with E-state index in [0.717, 1.165) is 11.0 Å². The Morgan fingerprint density at radius 1 is 1.43 bits per heavy atom. The second-order valence-corrected chi connectivity index (χ2v) is 6.57. The Labute approximate surface area is 127 Å². The fourth-order valence-electron chi connectivity index (χ4n) is 2.27. The first-order valence-electron chi connectivity index (χ1n) is 6.81. The van der Waals surface area contributed by atoms with Crippen LogP contribution in [0.5, 0.6) is 0 Å². The van der Waals surface area contributed by atoms with Crippen molar-refractivity contribution in [2.24, 2.45) is 0 Å². The summed E-state index contributed by atoms with van der Waals surface area (Å²) in [7, 11) is 0. The van der Waals surface area contributed by atoms with Gasteiger partial charge in [0.25, 0.3) is 0 Å². The van der Waals surface area contributed by atoms with Gasteiger partial charge in [-0.25, -0.2) is 14.5 Å². The minimum absolute atomic E-state index is 0.112. The lowest BCUT2D eigenvalue weighted by atomic mass is 10.1. The molecule has 21 heavy (non-hydrogen) atoms. The van der Waals surface area contributed by atoms with Crippen LogP contribution in [-0.4, -0.2) is 44.4 Å². The third kappa shape index (κ3) is 2.68. The van der Waals surface area contributed by atoms with E-state index >= 15 is 0 Å². The van der Waals surface area contributed by atoms with Crippen LogP contribution in [0.15, 0.2) is 18.5 Å². The first kappa shape index (κ1) is 14.1. The Hall–Kier alpha value is -1.82. The lowest BCUT2D eigenvalue weighted by Gasteiger charge is -2.39. The molecule has 3 heterocycles. The first-order valence-corrected chi connectivity index (χ1v) is 7.18. The van der Waals surface area contributed by atoms with Crippen molar-refractivity contribution in [2.75, 3.05) is 13.1 Å². The summed E-state index contributed by atoms with van der Waals surface area (Å²) < 4.78 is 7.16. The van der Waals surface area contributed by atoms with Gasteiger partial charge in [-0.15, -0.1) is 0 Å². The van der Waals surface area contributed by atoms with Gasteiger partial charge in [0.2, 0.25) is 0 Å². The smallest absolute Gasteiger partial charge is 0.410 e. The molecule has 0 saturated carbocycles. The summed E-state index contributed by atoms with van der Waals surface area (Å²) >= 11 is 6.11. The second kappa shape index (κ2) is 4.87. The summed E-state index contributed by atoms with van der Waals surface area (Å²) in [6, 6.07) is 1.85. The van der Waals surface area contributed by atoms with Crippen LogP contribution < -0.4 is 0 Å². The molecule has 1 aliphatic heterocycles. The Balaban J connectivity index is 1.71. The number of nitrogens with zero attached hydrogens (tertiary/aromatic N) is 4. The normalized spacial score (nSPS) is 16.1. The first-order chi connectivity index (χ1) is 9.85. The maximum Gasteiger partial charge on any atom is 0.410 e. The highest BCUT2D eigenvalue weighted by atomic mass is 35.5. The molecule has 0 aliphatic carbocycles. The van der Waals surface area contributed by atoms with Gasteiger partial charge in [0.05, 0.1) is 22.6 Å². The third-order valence-corrected chi connectivity index (χ3v) is 3.63. The third-order valence-electron chi connectivity index (χ3n) is 3.30. The quantitative estimate of drug-likeness (QED) is 0.812. The summed E-state index contributed by atoms with van der Waals surface area (Å²) in [6.45, 7) is 6.71. The Morgan fingerprint density at radius 2 is 2.14 bits per heavy atom. The van der Waals surface area contributed by atoms with E-state index in [2.05, 4.69) is 10.1 Å². The van der Waals surface area contributed by atoms with E-state index in [1.54, 1.807) is 23.4 Å². The zero-order valence-corrected chi connectivity index (χ0v) is 13.0. The molecule has 0 spiro atoms. The minimum Gasteiger partial charge on any atom is -0.444 e. The van der Waals surface area contributed by atoms with Crippen molar-refractivity contribution in [3.8, 4) is 0 Å². The molecule has 2 aromatic rings. The van der Waals surface area contributed by atoms with Gasteiger partial charge in [-0.3, -0.25) is 0 Å². The Morgan fingerprint density at radius 3 is 2.81 bits per heavy atom. The highest BCUT2D eigenvalue weighted by Gasteiger charge is 2.36. The van der Waals surface area contributed by atoms with Crippen LogP contribution in [0, 0.1) is 0 Å². The van der Waals surface area contributed by atoms with Crippen molar-refractivity contribution in [1.29, 1.82) is 0 Å². The van der Waals surface area contributed by atoms with E-state index < -0.39 is 5.60 Å². The number of pyridine rings is 1. The molecule has 1 aliphatic rings. The van der Waals surface area contributed by atoms with Gasteiger partial charge in [0.15, 0.2) is 5.65 Å². The Bertz CT molecular complexity index is 686. The monoisotopic (exact) mass is 308 g/mol. The molecular formula is C14H17ClN4O2. The molecule has 112 valence electrons. The van der Waals surface area contributed by atoms with Gasteiger partial charge < -0.3 is 9.64 Å². The maximum absolute atomic E-state index is 11.9. The van der Waals surface area contributed by atoms with Gasteiger partial charge in [-0.1, -0.05) is 11.6 Å². The number of hydrogen-bond acceptors (Lipinski definition) is 4. The van der Waals surface area contributed by atoms with Crippen molar-refractivity contribution in [1.82, 2.24) is 19.7 Å². The van der Waals surface area contributed by atoms with E-state index in [4.69, 9.17) is 16.3 Å². The molecule has 1 saturated heterocycles. The molecule has 0 atom stereocenters. The van der Waals surface area contributed by atoms with Crippen molar-refractivity contribution in [3.63, 3.8) is 0 Å². The van der Waals surface area contributed by atoms with Crippen LogP contribution in [-0.2, 0) is 4.74 Å². The van der Waals surface area contributed by atoms with Crippen molar-refractivity contribution < 1.29 is 9.53 Å². The van der Waals surface area contributed by atoms with E-state index in [1.165, 1.54) is 0 Å². The van der Waals surface area contributed by atoms with Crippen LogP contribution in [0.3, 0.4) is 0 Å². The van der Waals surface area contributed by atoms with Gasteiger partial charge in [0.1, 0.15) is 5.60 Å². The molecule has 2 aromatic heterocycles. The molecule has 0 aromatic carbocycles. The SMILES string of the molecule is CC(C)(C)OC(=O)N1CC(n2ncc3c(Cl)ccnc32)C1. The number of carbonyl (C=O) groups is 1. The number of likely N-dealkylation sites (tertiary alicyclic amines) is 1. The molecule has 3 rings (SSSR count). The molecule has 6 nitrogen and oxygen atoms in total. The van der Waals surface area contributed by atoms with E-state index in [1.807, 2.05) is 25.5 Å². The molecular weight excluding hydrogens is 292 g/mol. The second-order valence-electron chi connectivity index (χ2n) is 6.16. The van der Waals surface area contributed by atoms with E-state index in [9.17, 15) is 4.79 Å². The number of halogens is 1. The molecule has 1 amide bonds. The van der Waals surface area contributed by atoms with Crippen molar-refractivity contribution >= 4 is 28.7 Å². The molecule has 0 bridgehead atoms. The summed E-state index contributed by atoms with van der Waals surface area (Å²) in [5.74, 6) is 0. The highest BCUT2D eigenvalue weighted by Crippen LogP contribution is 2.28. The minimum atomic E-state index is -0.477. The zero-order chi connectivity index (χ0) is 15.2. The van der Waals surface area contributed by atoms with Crippen LogP contribution in [0.4, 0.5) is 4.79 Å². The van der Waals surface area contributed by atoms with Crippen LogP contribution in [0.2, 0.25) is 5.02 Å². The van der Waals surface area contributed by atoms with Crippen molar-refractivity contribution in [2.45, 2.75) is 32.4 Å². The maximum atomic E-state index is 11.9. The zero-order valence-electron chi connectivity index (χ0n) is 12.2. The number of hydrogen-bond donors (Lipinski definition) is 0. The lowest BCUT2D eigenvalue weighted by Crippen LogP contribution is -2.52. The highest BCUT2D eigenvalue weighted by molar-refractivity contribution is 6.35. The number of carbonyl (C=O) groups excluding carboxylic acids is 1. The summed E-state index contributed by atoms with van der Waals surface area (Å²) in [5.41, 5.74) is 0.270. The van der Waals surface area contributed by atoms with E-state index in [-0.39, 0.29) is 12.1 Å². The largest absolute Gasteiger partial charge is 0.444 e. The van der Waals surface area contributed by atoms with Crippen LogP contribution in [0.1, 0.15) is 26.8 Å². The van der Waals surface area contributed by atoms with Crippen LogP contribution in [0.25, 0.3) is 11.0 Å². The van der Waals surface area contributed by atoms with E-state index in [0.29, 0.717) is 18.1 Å². The summed E-state index contributed by atoms with van der Waals surface area (Å²) in [6.07, 6.45) is 3.08. The summed E-state index contributed by atoms with van der Waals surface area (Å²) in [5, 5.41) is 5.80. The molecule has 0 radical (unpaired) electrons. The number of aromatic nitrogens is 3. The van der Waals surface area contributed by atoms with Gasteiger partial charge in [0, 0.05) is 19.3 Å². The number of amides is 1. The number of rotatable bonds is 1. The lowest BCUT2D eigenvalue weighted by molar-refractivity contribution is 0.0000871. The molecule has 0 unspecified atom stereocenters. The van der Waals surface area contributed by atoms with Crippen molar-refractivity contribution in [3.05, 3.63) is 23.5 Å². The van der Waals surface area contributed by atoms with Crippen LogP contribution >= 0.6 is 11.6 Å². The van der Waals surface area contributed by atoms with Gasteiger partial charge in [-0.2, -0.15) is 5.10 Å². The standard InChI is InChI=1S/C14H17ClN4O2/c1-14(2,3)21-13(20)18-7-9(8-18)19-12-10(6-17-19)11(15)4-5-16-12/h4-6,9H,7-8H2,1-3H3. The molecule has 0 N–H and O–H groups in total. The van der Waals surface area contributed by atoms with Gasteiger partial charge in [-0.05, 0) is 26.8 Å². The topological polar surface area (TPSA) is 60.2 Å². The van der Waals surface area contributed by atoms with Gasteiger partial charge >= 0.3 is 6.09 Å². The summed E-state index contributed by atoms with van der Waals surface area (Å²) in [4.78, 5) is 17.9. The fourth-order valence-corrected chi connectivity index (χ4v) is 2.46. The number of ether oxygens (including phenoxy) is 1. The molecule has 7 heteroatoms. The predicted molar refractivity (Wildman–Crippen MR) is 79.4 cm³/mol. The average molecular weight is 309 g/mol. The average Bonchev–Trinajstić information content (AvgIpc) is 2.70. The Kier molecular flexibility index (Phi) is 3.28. The fraction of sp³-hybridized carbons (Fsp3) is 0.500.